The monoisotopic (exact) mass is 287 g/mol. The number of nitrogens with zero attached hydrogens (tertiary/aromatic N) is 2. The molecule has 0 fully saturated rings. The largest absolute Gasteiger partial charge is 0.480 e. The van der Waals surface area contributed by atoms with E-state index < -0.39 is 11.9 Å². The number of hydrogen-bond acceptors (Lipinski definition) is 4. The molecule has 0 bridgehead atoms. The molecule has 1 aromatic heterocycles. The highest BCUT2D eigenvalue weighted by molar-refractivity contribution is 5.82. The van der Waals surface area contributed by atoms with Crippen molar-refractivity contribution < 1.29 is 14.7 Å². The van der Waals surface area contributed by atoms with Gasteiger partial charge in [0, 0.05) is 17.6 Å². The van der Waals surface area contributed by atoms with Gasteiger partial charge in [-0.3, -0.25) is 19.5 Å². The second-order valence-electron chi connectivity index (χ2n) is 4.95. The fourth-order valence-electron chi connectivity index (χ4n) is 2.35. The van der Waals surface area contributed by atoms with Crippen molar-refractivity contribution in [3.63, 3.8) is 0 Å². The van der Waals surface area contributed by atoms with E-state index in [1.165, 1.54) is 4.90 Å². The molecular weight excluding hydrogens is 270 g/mol. The van der Waals surface area contributed by atoms with Crippen molar-refractivity contribution in [1.82, 2.24) is 9.88 Å². The number of aromatic nitrogens is 1. The third-order valence-electron chi connectivity index (χ3n) is 3.06. The molecule has 0 atom stereocenters. The van der Waals surface area contributed by atoms with Crippen LogP contribution in [0.4, 0.5) is 0 Å². The summed E-state index contributed by atoms with van der Waals surface area (Å²) in [5, 5.41) is 9.88. The number of para-hydroxylation sites is 1. The first-order chi connectivity index (χ1) is 9.95. The van der Waals surface area contributed by atoms with Crippen molar-refractivity contribution in [3.05, 3.63) is 41.6 Å². The van der Waals surface area contributed by atoms with Crippen LogP contribution >= 0.6 is 0 Å². The highest BCUT2D eigenvalue weighted by Crippen LogP contribution is 2.19. The number of pyridine rings is 1. The van der Waals surface area contributed by atoms with E-state index >= 15 is 0 Å². The van der Waals surface area contributed by atoms with Gasteiger partial charge in [-0.05, 0) is 24.6 Å². The van der Waals surface area contributed by atoms with Crippen LogP contribution in [0.2, 0.25) is 0 Å². The third-order valence-corrected chi connectivity index (χ3v) is 3.06. The van der Waals surface area contributed by atoms with E-state index in [1.807, 2.05) is 37.3 Å². The number of carboxylic acids is 1. The molecule has 0 aliphatic heterocycles. The number of rotatable bonds is 6. The van der Waals surface area contributed by atoms with Crippen LogP contribution in [0.1, 0.15) is 11.3 Å². The normalized spacial score (nSPS) is 11.0. The van der Waals surface area contributed by atoms with Gasteiger partial charge in [0.05, 0.1) is 18.6 Å². The molecule has 2 aromatic rings. The Kier molecular flexibility index (Phi) is 4.49. The highest BCUT2D eigenvalue weighted by Gasteiger charge is 2.14. The number of carboxylic acid groups (broad SMARTS) is 1. The topological polar surface area (TPSA) is 96.5 Å². The van der Waals surface area contributed by atoms with E-state index in [4.69, 9.17) is 10.8 Å². The summed E-state index contributed by atoms with van der Waals surface area (Å²) >= 11 is 0. The molecule has 0 unspecified atom stereocenters. The molecule has 2 rings (SSSR count). The van der Waals surface area contributed by atoms with Crippen LogP contribution in [0.3, 0.4) is 0 Å². The molecule has 0 saturated heterocycles. The van der Waals surface area contributed by atoms with E-state index in [2.05, 4.69) is 4.98 Å². The Morgan fingerprint density at radius 3 is 2.67 bits per heavy atom. The molecule has 0 saturated carbocycles. The molecule has 1 amide bonds. The zero-order chi connectivity index (χ0) is 15.4. The average molecular weight is 287 g/mol. The van der Waals surface area contributed by atoms with Gasteiger partial charge in [-0.2, -0.15) is 0 Å². The Balaban J connectivity index is 2.35. The van der Waals surface area contributed by atoms with Crippen LogP contribution in [0, 0.1) is 6.92 Å². The number of nitrogens with two attached hydrogens (primary N) is 1. The maximum atomic E-state index is 11.1. The highest BCUT2D eigenvalue weighted by atomic mass is 16.4. The second kappa shape index (κ2) is 6.32. The van der Waals surface area contributed by atoms with E-state index in [0.717, 1.165) is 22.2 Å². The van der Waals surface area contributed by atoms with Gasteiger partial charge in [0.2, 0.25) is 5.91 Å². The lowest BCUT2D eigenvalue weighted by Gasteiger charge is -2.19. The summed E-state index contributed by atoms with van der Waals surface area (Å²) in [6.07, 6.45) is 0. The molecule has 1 heterocycles. The predicted octanol–water partition coefficient (Wildman–Crippen LogP) is 0.915. The Labute approximate surface area is 122 Å². The standard InChI is InChI=1S/C15H17N3O3/c1-10-6-11(12-4-2-3-5-13(12)17-10)7-18(8-14(16)19)9-15(20)21/h2-6H,7-9H2,1H3,(H2,16,19)(H,20,21). The van der Waals surface area contributed by atoms with Crippen molar-refractivity contribution in [2.75, 3.05) is 13.1 Å². The van der Waals surface area contributed by atoms with Crippen LogP contribution < -0.4 is 5.73 Å². The van der Waals surface area contributed by atoms with E-state index in [1.54, 1.807) is 0 Å². The van der Waals surface area contributed by atoms with Crippen molar-refractivity contribution in [1.29, 1.82) is 0 Å². The number of benzene rings is 1. The van der Waals surface area contributed by atoms with Gasteiger partial charge >= 0.3 is 5.97 Å². The fraction of sp³-hybridized carbons (Fsp3) is 0.267. The van der Waals surface area contributed by atoms with E-state index in [9.17, 15) is 9.59 Å². The molecule has 6 heteroatoms. The smallest absolute Gasteiger partial charge is 0.317 e. The molecular formula is C15H17N3O3. The van der Waals surface area contributed by atoms with Crippen LogP contribution in [0.25, 0.3) is 10.9 Å². The third kappa shape index (κ3) is 4.00. The number of amides is 1. The van der Waals surface area contributed by atoms with Crippen molar-refractivity contribution >= 4 is 22.8 Å². The Hall–Kier alpha value is -2.47. The molecule has 0 radical (unpaired) electrons. The summed E-state index contributed by atoms with van der Waals surface area (Å²) in [6, 6.07) is 9.54. The first-order valence-electron chi connectivity index (χ1n) is 6.53. The van der Waals surface area contributed by atoms with Crippen LogP contribution in [-0.2, 0) is 16.1 Å². The fourth-order valence-corrected chi connectivity index (χ4v) is 2.35. The Morgan fingerprint density at radius 1 is 1.29 bits per heavy atom. The average Bonchev–Trinajstić information content (AvgIpc) is 2.36. The molecule has 1 aromatic carbocycles. The number of hydrogen-bond donors (Lipinski definition) is 2. The van der Waals surface area contributed by atoms with Crippen molar-refractivity contribution in [3.8, 4) is 0 Å². The van der Waals surface area contributed by atoms with Crippen molar-refractivity contribution in [2.24, 2.45) is 5.73 Å². The zero-order valence-corrected chi connectivity index (χ0v) is 11.7. The Morgan fingerprint density at radius 2 is 2.00 bits per heavy atom. The number of carbonyl (C=O) groups excluding carboxylic acids is 1. The van der Waals surface area contributed by atoms with Crippen LogP contribution in [0.5, 0.6) is 0 Å². The number of primary amides is 1. The van der Waals surface area contributed by atoms with E-state index in [-0.39, 0.29) is 13.1 Å². The van der Waals surface area contributed by atoms with Gasteiger partial charge in [-0.15, -0.1) is 0 Å². The Bertz CT molecular complexity index is 669. The van der Waals surface area contributed by atoms with E-state index in [0.29, 0.717) is 6.54 Å². The SMILES string of the molecule is Cc1cc(CN(CC(N)=O)CC(=O)O)c2ccccc2n1. The first kappa shape index (κ1) is 14.9. The maximum Gasteiger partial charge on any atom is 0.317 e. The van der Waals surface area contributed by atoms with Crippen molar-refractivity contribution in [2.45, 2.75) is 13.5 Å². The summed E-state index contributed by atoms with van der Waals surface area (Å²) in [5.74, 6) is -1.54. The minimum atomic E-state index is -0.994. The zero-order valence-electron chi connectivity index (χ0n) is 11.7. The number of aliphatic carboxylic acids is 1. The first-order valence-corrected chi connectivity index (χ1v) is 6.53. The van der Waals surface area contributed by atoms with Gasteiger partial charge in [0.1, 0.15) is 0 Å². The molecule has 110 valence electrons. The lowest BCUT2D eigenvalue weighted by molar-refractivity contribution is -0.138. The molecule has 3 N–H and O–H groups in total. The lowest BCUT2D eigenvalue weighted by Crippen LogP contribution is -2.36. The summed E-state index contributed by atoms with van der Waals surface area (Å²) in [6.45, 7) is 1.88. The second-order valence-corrected chi connectivity index (χ2v) is 4.95. The minimum Gasteiger partial charge on any atom is -0.480 e. The molecule has 0 aliphatic rings. The molecule has 21 heavy (non-hydrogen) atoms. The molecule has 6 nitrogen and oxygen atoms in total. The van der Waals surface area contributed by atoms with Gasteiger partial charge < -0.3 is 10.8 Å². The van der Waals surface area contributed by atoms with Crippen LogP contribution in [-0.4, -0.2) is 40.0 Å². The van der Waals surface area contributed by atoms with Gasteiger partial charge in [-0.1, -0.05) is 18.2 Å². The maximum absolute atomic E-state index is 11.1. The number of fused-ring (bicyclic) bond motifs is 1. The quantitative estimate of drug-likeness (QED) is 0.823. The van der Waals surface area contributed by atoms with Gasteiger partial charge in [0.15, 0.2) is 0 Å². The number of aryl methyl sites for hydroxylation is 1. The van der Waals surface area contributed by atoms with Crippen LogP contribution in [0.15, 0.2) is 30.3 Å². The minimum absolute atomic E-state index is 0.0952. The van der Waals surface area contributed by atoms with Gasteiger partial charge in [-0.25, -0.2) is 0 Å². The number of carbonyl (C=O) groups is 2. The molecule has 0 aliphatic carbocycles. The lowest BCUT2D eigenvalue weighted by atomic mass is 10.1. The van der Waals surface area contributed by atoms with Gasteiger partial charge in [0.25, 0.3) is 0 Å². The predicted molar refractivity (Wildman–Crippen MR) is 78.6 cm³/mol. The summed E-state index contributed by atoms with van der Waals surface area (Å²) in [5.41, 5.74) is 7.80. The molecule has 0 spiro atoms. The summed E-state index contributed by atoms with van der Waals surface area (Å²) in [7, 11) is 0. The summed E-state index contributed by atoms with van der Waals surface area (Å²) < 4.78 is 0. The summed E-state index contributed by atoms with van der Waals surface area (Å²) in [4.78, 5) is 27.9.